The van der Waals surface area contributed by atoms with Crippen LogP contribution in [0.15, 0.2) is 12.1 Å². The van der Waals surface area contributed by atoms with E-state index < -0.39 is 0 Å². The molecular formula is C12H14ClNO4. The Bertz CT molecular complexity index is 450. The van der Waals surface area contributed by atoms with E-state index in [1.165, 1.54) is 0 Å². The molecule has 1 aliphatic rings. The van der Waals surface area contributed by atoms with Gasteiger partial charge in [0, 0.05) is 6.54 Å². The molecule has 1 aliphatic heterocycles. The first-order valence-corrected chi connectivity index (χ1v) is 6.04. The van der Waals surface area contributed by atoms with Gasteiger partial charge in [-0.15, -0.1) is 0 Å². The van der Waals surface area contributed by atoms with Gasteiger partial charge in [0.2, 0.25) is 5.91 Å². The molecule has 2 N–H and O–H groups in total. The highest BCUT2D eigenvalue weighted by Gasteiger charge is 2.17. The Morgan fingerprint density at radius 2 is 2.17 bits per heavy atom. The molecular weight excluding hydrogens is 258 g/mol. The van der Waals surface area contributed by atoms with E-state index in [-0.39, 0.29) is 25.5 Å². The van der Waals surface area contributed by atoms with E-state index in [9.17, 15) is 4.79 Å². The highest BCUT2D eigenvalue weighted by atomic mass is 35.5. The molecule has 0 fully saturated rings. The summed E-state index contributed by atoms with van der Waals surface area (Å²) < 4.78 is 10.8. The van der Waals surface area contributed by atoms with Gasteiger partial charge in [0.1, 0.15) is 13.2 Å². The third-order valence-corrected chi connectivity index (χ3v) is 2.74. The third kappa shape index (κ3) is 3.05. The molecule has 1 aromatic carbocycles. The fourth-order valence-electron chi connectivity index (χ4n) is 1.71. The van der Waals surface area contributed by atoms with Gasteiger partial charge in [-0.25, -0.2) is 0 Å². The van der Waals surface area contributed by atoms with Crippen molar-refractivity contribution in [2.75, 3.05) is 26.4 Å². The van der Waals surface area contributed by atoms with Gasteiger partial charge in [0.15, 0.2) is 11.5 Å². The van der Waals surface area contributed by atoms with Crippen molar-refractivity contribution >= 4 is 17.5 Å². The molecule has 0 bridgehead atoms. The van der Waals surface area contributed by atoms with Gasteiger partial charge in [0.05, 0.1) is 18.1 Å². The number of halogens is 1. The number of nitrogens with one attached hydrogen (secondary N) is 1. The van der Waals surface area contributed by atoms with E-state index >= 15 is 0 Å². The first kappa shape index (κ1) is 13.0. The monoisotopic (exact) mass is 271 g/mol. The van der Waals surface area contributed by atoms with Gasteiger partial charge in [-0.1, -0.05) is 11.6 Å². The summed E-state index contributed by atoms with van der Waals surface area (Å²) in [6.45, 7) is 1.12. The lowest BCUT2D eigenvalue weighted by molar-refractivity contribution is -0.120. The maximum atomic E-state index is 11.5. The van der Waals surface area contributed by atoms with Crippen molar-refractivity contribution in [2.45, 2.75) is 6.42 Å². The maximum Gasteiger partial charge on any atom is 0.224 e. The van der Waals surface area contributed by atoms with Crippen molar-refractivity contribution in [1.29, 1.82) is 0 Å². The molecule has 0 radical (unpaired) electrons. The van der Waals surface area contributed by atoms with Gasteiger partial charge < -0.3 is 19.9 Å². The molecule has 0 spiro atoms. The molecule has 0 atom stereocenters. The minimum absolute atomic E-state index is 0.0758. The Morgan fingerprint density at radius 3 is 2.94 bits per heavy atom. The summed E-state index contributed by atoms with van der Waals surface area (Å²) >= 11 is 6.06. The van der Waals surface area contributed by atoms with Crippen LogP contribution in [0.5, 0.6) is 11.5 Å². The molecule has 0 unspecified atom stereocenters. The molecule has 98 valence electrons. The summed E-state index contributed by atoms with van der Waals surface area (Å²) in [7, 11) is 0. The Kier molecular flexibility index (Phi) is 4.28. The quantitative estimate of drug-likeness (QED) is 0.849. The van der Waals surface area contributed by atoms with Crippen LogP contribution in [0.3, 0.4) is 0 Å². The summed E-state index contributed by atoms with van der Waals surface area (Å²) in [4.78, 5) is 11.5. The number of hydrogen-bond donors (Lipinski definition) is 2. The van der Waals surface area contributed by atoms with E-state index in [1.807, 2.05) is 0 Å². The summed E-state index contributed by atoms with van der Waals surface area (Å²) in [6, 6.07) is 3.44. The fraction of sp³-hybridized carbons (Fsp3) is 0.417. The lowest BCUT2D eigenvalue weighted by Crippen LogP contribution is -2.27. The Balaban J connectivity index is 2.10. The van der Waals surface area contributed by atoms with Crippen molar-refractivity contribution < 1.29 is 19.4 Å². The minimum atomic E-state index is -0.170. The second kappa shape index (κ2) is 5.93. The van der Waals surface area contributed by atoms with E-state index in [1.54, 1.807) is 12.1 Å². The standard InChI is InChI=1S/C12H14ClNO4/c13-9-5-8(7-11(16)14-1-2-15)6-10-12(9)18-4-3-17-10/h5-6,15H,1-4,7H2,(H,14,16). The molecule has 0 aliphatic carbocycles. The van der Waals surface area contributed by atoms with Crippen LogP contribution in [-0.2, 0) is 11.2 Å². The van der Waals surface area contributed by atoms with Crippen LogP contribution >= 0.6 is 11.6 Å². The van der Waals surface area contributed by atoms with Crippen LogP contribution in [0.1, 0.15) is 5.56 Å². The molecule has 6 heteroatoms. The average molecular weight is 272 g/mol. The van der Waals surface area contributed by atoms with E-state index in [2.05, 4.69) is 5.32 Å². The topological polar surface area (TPSA) is 67.8 Å². The largest absolute Gasteiger partial charge is 0.486 e. The second-order valence-corrected chi connectivity index (χ2v) is 4.26. The number of benzene rings is 1. The van der Waals surface area contributed by atoms with Crippen LogP contribution in [0.25, 0.3) is 0 Å². The van der Waals surface area contributed by atoms with E-state index in [0.29, 0.717) is 29.7 Å². The van der Waals surface area contributed by atoms with Crippen LogP contribution in [0.4, 0.5) is 0 Å². The minimum Gasteiger partial charge on any atom is -0.486 e. The zero-order valence-corrected chi connectivity index (χ0v) is 10.5. The molecule has 0 aromatic heterocycles. The van der Waals surface area contributed by atoms with Gasteiger partial charge >= 0.3 is 0 Å². The van der Waals surface area contributed by atoms with Crippen molar-refractivity contribution in [3.63, 3.8) is 0 Å². The molecule has 1 amide bonds. The molecule has 0 saturated heterocycles. The number of ether oxygens (including phenoxy) is 2. The van der Waals surface area contributed by atoms with Crippen molar-refractivity contribution in [3.05, 3.63) is 22.7 Å². The number of aliphatic hydroxyl groups is 1. The van der Waals surface area contributed by atoms with Crippen LogP contribution in [-0.4, -0.2) is 37.4 Å². The van der Waals surface area contributed by atoms with Crippen LogP contribution < -0.4 is 14.8 Å². The Hall–Kier alpha value is -1.46. The number of aliphatic hydroxyl groups excluding tert-OH is 1. The highest BCUT2D eigenvalue weighted by Crippen LogP contribution is 2.38. The zero-order chi connectivity index (χ0) is 13.0. The van der Waals surface area contributed by atoms with Crippen molar-refractivity contribution in [3.8, 4) is 11.5 Å². The molecule has 1 heterocycles. The predicted octanol–water partition coefficient (Wildman–Crippen LogP) is 0.762. The second-order valence-electron chi connectivity index (χ2n) is 3.85. The summed E-state index contributed by atoms with van der Waals surface area (Å²) in [5, 5.41) is 11.6. The smallest absolute Gasteiger partial charge is 0.224 e. The molecule has 0 saturated carbocycles. The van der Waals surface area contributed by atoms with Crippen LogP contribution in [0.2, 0.25) is 5.02 Å². The normalized spacial score (nSPS) is 13.2. The van der Waals surface area contributed by atoms with E-state index in [0.717, 1.165) is 5.56 Å². The number of fused-ring (bicyclic) bond motifs is 1. The summed E-state index contributed by atoms with van der Waals surface area (Å²) in [5.41, 5.74) is 0.750. The number of rotatable bonds is 4. The lowest BCUT2D eigenvalue weighted by Gasteiger charge is -2.20. The third-order valence-electron chi connectivity index (χ3n) is 2.46. The molecule has 1 aromatic rings. The van der Waals surface area contributed by atoms with Gasteiger partial charge in [-0.2, -0.15) is 0 Å². The number of carbonyl (C=O) groups excluding carboxylic acids is 1. The molecule has 5 nitrogen and oxygen atoms in total. The summed E-state index contributed by atoms with van der Waals surface area (Å²) in [6.07, 6.45) is 0.191. The predicted molar refractivity (Wildman–Crippen MR) is 66.2 cm³/mol. The molecule has 18 heavy (non-hydrogen) atoms. The Morgan fingerprint density at radius 1 is 1.39 bits per heavy atom. The number of amides is 1. The van der Waals surface area contributed by atoms with Gasteiger partial charge in [-0.3, -0.25) is 4.79 Å². The van der Waals surface area contributed by atoms with E-state index in [4.69, 9.17) is 26.2 Å². The maximum absolute atomic E-state index is 11.5. The first-order valence-electron chi connectivity index (χ1n) is 5.66. The highest BCUT2D eigenvalue weighted by molar-refractivity contribution is 6.32. The number of hydrogen-bond acceptors (Lipinski definition) is 4. The fourth-order valence-corrected chi connectivity index (χ4v) is 2.00. The van der Waals surface area contributed by atoms with Crippen LogP contribution in [0, 0.1) is 0 Å². The molecule has 2 rings (SSSR count). The Labute approximate surface area is 110 Å². The number of carbonyl (C=O) groups is 1. The van der Waals surface area contributed by atoms with Gasteiger partial charge in [0.25, 0.3) is 0 Å². The average Bonchev–Trinajstić information content (AvgIpc) is 2.36. The lowest BCUT2D eigenvalue weighted by atomic mass is 10.1. The van der Waals surface area contributed by atoms with Gasteiger partial charge in [-0.05, 0) is 17.7 Å². The summed E-state index contributed by atoms with van der Waals surface area (Å²) in [5.74, 6) is 0.929. The van der Waals surface area contributed by atoms with Crippen molar-refractivity contribution in [2.24, 2.45) is 0 Å². The zero-order valence-electron chi connectivity index (χ0n) is 9.74. The first-order chi connectivity index (χ1) is 8.70. The van der Waals surface area contributed by atoms with Crippen molar-refractivity contribution in [1.82, 2.24) is 5.32 Å². The SMILES string of the molecule is O=C(Cc1cc(Cl)c2c(c1)OCCO2)NCCO.